The Morgan fingerprint density at radius 3 is 2.78 bits per heavy atom. The number of hydrogen-bond donors (Lipinski definition) is 2. The number of nitrogens with zero attached hydrogens (tertiary/aromatic N) is 1. The molecule has 0 amide bonds. The van der Waals surface area contributed by atoms with Gasteiger partial charge in [-0.15, -0.1) is 0 Å². The molecule has 1 aliphatic heterocycles. The highest BCUT2D eigenvalue weighted by Gasteiger charge is 2.19. The minimum Gasteiger partial charge on any atom is -0.316 e. The lowest BCUT2D eigenvalue weighted by atomic mass is 10.0. The van der Waals surface area contributed by atoms with Crippen molar-refractivity contribution in [3.05, 3.63) is 44.6 Å². The summed E-state index contributed by atoms with van der Waals surface area (Å²) in [4.78, 5) is 27.1. The minimum absolute atomic E-state index is 0.190. The van der Waals surface area contributed by atoms with Gasteiger partial charge in [0.25, 0.3) is 5.56 Å². The van der Waals surface area contributed by atoms with Crippen molar-refractivity contribution in [2.24, 2.45) is 5.92 Å². The van der Waals surface area contributed by atoms with Crippen molar-refractivity contribution < 1.29 is 0 Å². The summed E-state index contributed by atoms with van der Waals surface area (Å²) in [5.41, 5.74) is 1.06. The molecular weight excluding hydrogens is 230 g/mol. The number of nitrogens with one attached hydrogen (secondary N) is 2. The summed E-state index contributed by atoms with van der Waals surface area (Å²) in [5, 5.41) is 3.72. The first-order valence-electron chi connectivity index (χ1n) is 6.10. The second-order valence-electron chi connectivity index (χ2n) is 4.87. The van der Waals surface area contributed by atoms with Crippen LogP contribution in [0.2, 0.25) is 0 Å². The van der Waals surface area contributed by atoms with Crippen molar-refractivity contribution in [1.29, 1.82) is 0 Å². The topological polar surface area (TPSA) is 66.9 Å². The van der Waals surface area contributed by atoms with E-state index in [0.717, 1.165) is 18.7 Å². The molecule has 94 valence electrons. The molecule has 1 fully saturated rings. The van der Waals surface area contributed by atoms with Gasteiger partial charge in [0.2, 0.25) is 0 Å². The number of hydrogen-bond acceptors (Lipinski definition) is 3. The van der Waals surface area contributed by atoms with E-state index in [-0.39, 0.29) is 11.2 Å². The second kappa shape index (κ2) is 4.10. The van der Waals surface area contributed by atoms with Gasteiger partial charge < -0.3 is 10.3 Å². The maximum absolute atomic E-state index is 12.3. The van der Waals surface area contributed by atoms with Crippen LogP contribution in [0.15, 0.2) is 27.8 Å². The van der Waals surface area contributed by atoms with Crippen molar-refractivity contribution in [1.82, 2.24) is 14.9 Å². The number of aromatic nitrogens is 2. The normalized spacial score (nSPS) is 15.8. The maximum atomic E-state index is 12.3. The van der Waals surface area contributed by atoms with Gasteiger partial charge >= 0.3 is 5.69 Å². The van der Waals surface area contributed by atoms with Crippen LogP contribution in [0.3, 0.4) is 0 Å². The molecule has 0 unspecified atom stereocenters. The molecule has 0 radical (unpaired) electrons. The van der Waals surface area contributed by atoms with Gasteiger partial charge in [0.15, 0.2) is 0 Å². The predicted molar refractivity (Wildman–Crippen MR) is 69.9 cm³/mol. The van der Waals surface area contributed by atoms with E-state index in [4.69, 9.17) is 0 Å². The highest BCUT2D eigenvalue weighted by atomic mass is 16.2. The first-order chi connectivity index (χ1) is 8.66. The van der Waals surface area contributed by atoms with Crippen LogP contribution in [0, 0.1) is 12.8 Å². The van der Waals surface area contributed by atoms with Crippen LogP contribution in [-0.4, -0.2) is 22.6 Å². The number of benzene rings is 1. The van der Waals surface area contributed by atoms with Gasteiger partial charge in [0.1, 0.15) is 0 Å². The highest BCUT2D eigenvalue weighted by molar-refractivity contribution is 5.80. The number of aromatic amines is 1. The summed E-state index contributed by atoms with van der Waals surface area (Å²) < 4.78 is 1.31. The SMILES string of the molecule is Cc1cccc2c(=O)n(CC3CNC3)c(=O)[nH]c12. The van der Waals surface area contributed by atoms with Crippen molar-refractivity contribution in [3.8, 4) is 0 Å². The Labute approximate surface area is 103 Å². The molecule has 0 aliphatic carbocycles. The Bertz CT molecular complexity index is 710. The molecule has 1 aromatic carbocycles. The van der Waals surface area contributed by atoms with E-state index >= 15 is 0 Å². The summed E-state index contributed by atoms with van der Waals surface area (Å²) in [6.07, 6.45) is 0. The Balaban J connectivity index is 2.20. The predicted octanol–water partition coefficient (Wildman–Crippen LogP) is 0.218. The molecule has 2 aromatic rings. The average molecular weight is 245 g/mol. The summed E-state index contributed by atoms with van der Waals surface area (Å²) in [7, 11) is 0. The third-order valence-corrected chi connectivity index (χ3v) is 3.53. The zero-order valence-electron chi connectivity index (χ0n) is 10.2. The molecule has 5 nitrogen and oxygen atoms in total. The molecule has 1 saturated heterocycles. The van der Waals surface area contributed by atoms with E-state index in [0.29, 0.717) is 23.4 Å². The molecule has 0 saturated carbocycles. The van der Waals surface area contributed by atoms with Crippen molar-refractivity contribution in [2.45, 2.75) is 13.5 Å². The van der Waals surface area contributed by atoms with Crippen LogP contribution >= 0.6 is 0 Å². The average Bonchev–Trinajstić information content (AvgIpc) is 2.28. The van der Waals surface area contributed by atoms with Gasteiger partial charge in [-0.1, -0.05) is 12.1 Å². The fourth-order valence-corrected chi connectivity index (χ4v) is 2.33. The van der Waals surface area contributed by atoms with E-state index in [1.165, 1.54) is 4.57 Å². The minimum atomic E-state index is -0.311. The van der Waals surface area contributed by atoms with Gasteiger partial charge in [-0.25, -0.2) is 4.79 Å². The monoisotopic (exact) mass is 245 g/mol. The van der Waals surface area contributed by atoms with E-state index in [1.807, 2.05) is 19.1 Å². The Hall–Kier alpha value is -1.88. The molecular formula is C13H15N3O2. The molecule has 1 aromatic heterocycles. The summed E-state index contributed by atoms with van der Waals surface area (Å²) in [6, 6.07) is 5.49. The molecule has 18 heavy (non-hydrogen) atoms. The zero-order valence-corrected chi connectivity index (χ0v) is 10.2. The van der Waals surface area contributed by atoms with E-state index in [2.05, 4.69) is 10.3 Å². The van der Waals surface area contributed by atoms with E-state index in [9.17, 15) is 9.59 Å². The Morgan fingerprint density at radius 2 is 2.11 bits per heavy atom. The lowest BCUT2D eigenvalue weighted by Gasteiger charge is -2.27. The van der Waals surface area contributed by atoms with Crippen LogP contribution in [0.25, 0.3) is 10.9 Å². The van der Waals surface area contributed by atoms with Crippen LogP contribution in [0.5, 0.6) is 0 Å². The molecule has 0 bridgehead atoms. The smallest absolute Gasteiger partial charge is 0.316 e. The lowest BCUT2D eigenvalue weighted by molar-refractivity contribution is 0.299. The standard InChI is InChI=1S/C13H15N3O2/c1-8-3-2-4-10-11(8)15-13(18)16(12(10)17)7-9-5-14-6-9/h2-4,9,14H,5-7H2,1H3,(H,15,18). The van der Waals surface area contributed by atoms with Gasteiger partial charge in [-0.05, 0) is 18.6 Å². The first kappa shape index (κ1) is 11.2. The fraction of sp³-hybridized carbons (Fsp3) is 0.385. The molecule has 0 spiro atoms. The van der Waals surface area contributed by atoms with E-state index < -0.39 is 0 Å². The van der Waals surface area contributed by atoms with Gasteiger partial charge in [0.05, 0.1) is 10.9 Å². The first-order valence-corrected chi connectivity index (χ1v) is 6.10. The number of fused-ring (bicyclic) bond motifs is 1. The molecule has 5 heteroatoms. The Morgan fingerprint density at radius 1 is 1.33 bits per heavy atom. The molecule has 1 aliphatic rings. The number of para-hydroxylation sites is 1. The molecule has 2 N–H and O–H groups in total. The third kappa shape index (κ3) is 1.67. The second-order valence-corrected chi connectivity index (χ2v) is 4.87. The van der Waals surface area contributed by atoms with Gasteiger partial charge in [-0.3, -0.25) is 9.36 Å². The third-order valence-electron chi connectivity index (χ3n) is 3.53. The van der Waals surface area contributed by atoms with Crippen LogP contribution in [0.1, 0.15) is 5.56 Å². The van der Waals surface area contributed by atoms with Crippen LogP contribution < -0.4 is 16.6 Å². The molecule has 3 rings (SSSR count). The quantitative estimate of drug-likeness (QED) is 0.795. The summed E-state index contributed by atoms with van der Waals surface area (Å²) in [5.74, 6) is 0.381. The maximum Gasteiger partial charge on any atom is 0.328 e. The number of rotatable bonds is 2. The summed E-state index contributed by atoms with van der Waals surface area (Å²) in [6.45, 7) is 4.12. The number of aryl methyl sites for hydroxylation is 1. The molecule has 2 heterocycles. The van der Waals surface area contributed by atoms with Gasteiger partial charge in [0, 0.05) is 25.6 Å². The lowest BCUT2D eigenvalue weighted by Crippen LogP contribution is -2.48. The van der Waals surface area contributed by atoms with E-state index in [1.54, 1.807) is 6.07 Å². The van der Waals surface area contributed by atoms with Gasteiger partial charge in [-0.2, -0.15) is 0 Å². The van der Waals surface area contributed by atoms with Crippen LogP contribution in [-0.2, 0) is 6.54 Å². The fourth-order valence-electron chi connectivity index (χ4n) is 2.33. The Kier molecular flexibility index (Phi) is 2.56. The van der Waals surface area contributed by atoms with Crippen molar-refractivity contribution in [3.63, 3.8) is 0 Å². The van der Waals surface area contributed by atoms with Crippen LogP contribution in [0.4, 0.5) is 0 Å². The zero-order chi connectivity index (χ0) is 12.7. The summed E-state index contributed by atoms with van der Waals surface area (Å²) >= 11 is 0. The van der Waals surface area contributed by atoms with Crippen molar-refractivity contribution >= 4 is 10.9 Å². The van der Waals surface area contributed by atoms with Crippen molar-refractivity contribution in [2.75, 3.05) is 13.1 Å². The molecule has 0 atom stereocenters. The highest BCUT2D eigenvalue weighted by Crippen LogP contribution is 2.11. The number of H-pyrrole nitrogens is 1. The largest absolute Gasteiger partial charge is 0.328 e.